The molecule has 1 heterocycles. The van der Waals surface area contributed by atoms with Crippen LogP contribution >= 0.6 is 15.9 Å². The van der Waals surface area contributed by atoms with Crippen molar-refractivity contribution in [2.24, 2.45) is 15.3 Å². The van der Waals surface area contributed by atoms with Gasteiger partial charge < -0.3 is 9.64 Å². The van der Waals surface area contributed by atoms with E-state index in [9.17, 15) is 4.21 Å². The van der Waals surface area contributed by atoms with Gasteiger partial charge in [0.15, 0.2) is 0 Å². The van der Waals surface area contributed by atoms with E-state index in [-0.39, 0.29) is 0 Å². The Hall–Kier alpha value is -1.93. The van der Waals surface area contributed by atoms with Gasteiger partial charge in [-0.2, -0.15) is 0 Å². The maximum atomic E-state index is 13.5. The molecule has 0 spiro atoms. The van der Waals surface area contributed by atoms with Gasteiger partial charge in [0.1, 0.15) is 5.75 Å². The van der Waals surface area contributed by atoms with Crippen molar-refractivity contribution in [3.63, 3.8) is 0 Å². The van der Waals surface area contributed by atoms with E-state index in [0.717, 1.165) is 17.9 Å². The van der Waals surface area contributed by atoms with Gasteiger partial charge in [-0.25, -0.2) is 18.5 Å². The maximum absolute atomic E-state index is 13.5. The molecule has 1 saturated carbocycles. The Kier molecular flexibility index (Phi) is 8.11. The molecule has 1 fully saturated rings. The van der Waals surface area contributed by atoms with Crippen molar-refractivity contribution in [1.29, 1.82) is 0 Å². The molecule has 0 bridgehead atoms. The molecule has 6 nitrogen and oxygen atoms in total. The largest absolute Gasteiger partial charge is 0.438 e. The molecular weight excluding hydrogens is 476 g/mol. The maximum Gasteiger partial charge on any atom is 0.233 e. The lowest BCUT2D eigenvalue weighted by molar-refractivity contribution is 0.327. The van der Waals surface area contributed by atoms with E-state index in [2.05, 4.69) is 37.2 Å². The highest BCUT2D eigenvalue weighted by atomic mass is 79.9. The van der Waals surface area contributed by atoms with Crippen molar-refractivity contribution in [2.75, 3.05) is 25.9 Å². The van der Waals surface area contributed by atoms with Crippen LogP contribution in [0.4, 0.5) is 5.69 Å². The van der Waals surface area contributed by atoms with Gasteiger partial charge in [-0.1, -0.05) is 19.4 Å². The number of hydrogen-bond donors (Lipinski definition) is 0. The molecule has 0 radical (unpaired) electrons. The Labute approximate surface area is 194 Å². The second-order valence-corrected chi connectivity index (χ2v) is 11.3. The molecule has 2 aromatic rings. The number of benzene rings is 1. The van der Waals surface area contributed by atoms with Crippen molar-refractivity contribution in [3.8, 4) is 11.6 Å². The zero-order chi connectivity index (χ0) is 22.4. The number of pyridine rings is 1. The predicted octanol–water partition coefficient (Wildman–Crippen LogP) is 6.20. The molecule has 31 heavy (non-hydrogen) atoms. The Morgan fingerprint density at radius 2 is 2.10 bits per heavy atom. The zero-order valence-electron chi connectivity index (χ0n) is 18.7. The molecule has 1 aromatic carbocycles. The van der Waals surface area contributed by atoms with Gasteiger partial charge >= 0.3 is 0 Å². The summed E-state index contributed by atoms with van der Waals surface area (Å²) >= 11 is 3.54. The van der Waals surface area contributed by atoms with E-state index in [4.69, 9.17) is 4.74 Å². The summed E-state index contributed by atoms with van der Waals surface area (Å²) in [5, 5.41) is 0. The van der Waals surface area contributed by atoms with E-state index >= 15 is 0 Å². The lowest BCUT2D eigenvalue weighted by Crippen LogP contribution is -2.16. The molecule has 3 rings (SSSR count). The van der Waals surface area contributed by atoms with Crippen LogP contribution in [0.25, 0.3) is 0 Å². The summed E-state index contributed by atoms with van der Waals surface area (Å²) in [6.07, 6.45) is 5.44. The topological polar surface area (TPSA) is 67.2 Å². The first kappa shape index (κ1) is 23.7. The summed E-state index contributed by atoms with van der Waals surface area (Å²) in [5.74, 6) is 2.12. The highest BCUT2D eigenvalue weighted by Crippen LogP contribution is 2.34. The number of hydrogen-bond acceptors (Lipinski definition) is 5. The molecule has 0 amide bonds. The van der Waals surface area contributed by atoms with Gasteiger partial charge in [0.25, 0.3) is 0 Å². The molecule has 0 saturated heterocycles. The van der Waals surface area contributed by atoms with Gasteiger partial charge in [-0.3, -0.25) is 0 Å². The number of ether oxygens (including phenoxy) is 1. The first-order valence-electron chi connectivity index (χ1n) is 10.7. The normalized spacial score (nSPS) is 16.0. The van der Waals surface area contributed by atoms with Crippen molar-refractivity contribution in [3.05, 3.63) is 40.5 Å². The van der Waals surface area contributed by atoms with Crippen LogP contribution in [0.2, 0.25) is 0 Å². The van der Waals surface area contributed by atoms with Gasteiger partial charge in [0.05, 0.1) is 43.4 Å². The van der Waals surface area contributed by atoms with Crippen LogP contribution < -0.4 is 4.74 Å². The van der Waals surface area contributed by atoms with Crippen LogP contribution in [0, 0.1) is 12.8 Å². The predicted molar refractivity (Wildman–Crippen MR) is 131 cm³/mol. The summed E-state index contributed by atoms with van der Waals surface area (Å²) < 4.78 is 24.8. The number of halogens is 1. The van der Waals surface area contributed by atoms with Crippen molar-refractivity contribution < 1.29 is 8.95 Å². The van der Waals surface area contributed by atoms with E-state index in [1.807, 2.05) is 56.1 Å². The summed E-state index contributed by atoms with van der Waals surface area (Å²) in [4.78, 5) is 11.8. The van der Waals surface area contributed by atoms with Gasteiger partial charge in [-0.05, 0) is 72.8 Å². The van der Waals surface area contributed by atoms with Gasteiger partial charge in [0.2, 0.25) is 5.88 Å². The molecule has 1 aliphatic carbocycles. The molecule has 0 N–H and O–H groups in total. The lowest BCUT2D eigenvalue weighted by Gasteiger charge is -2.23. The van der Waals surface area contributed by atoms with Crippen molar-refractivity contribution in [1.82, 2.24) is 9.88 Å². The van der Waals surface area contributed by atoms with Crippen LogP contribution in [0.5, 0.6) is 11.6 Å². The first-order valence-corrected chi connectivity index (χ1v) is 13.2. The third kappa shape index (κ3) is 6.07. The van der Waals surface area contributed by atoms with Gasteiger partial charge in [-0.15, -0.1) is 0 Å². The van der Waals surface area contributed by atoms with Crippen LogP contribution in [0.1, 0.15) is 38.8 Å². The number of aliphatic imine (C=N–C) groups is 1. The average molecular weight is 507 g/mol. The van der Waals surface area contributed by atoms with Crippen molar-refractivity contribution >= 4 is 37.7 Å². The Bertz CT molecular complexity index is 1060. The Morgan fingerprint density at radius 3 is 2.74 bits per heavy atom. The quantitative estimate of drug-likeness (QED) is 0.299. The van der Waals surface area contributed by atoms with Crippen LogP contribution in [-0.4, -0.2) is 46.3 Å². The first-order chi connectivity index (χ1) is 14.8. The third-order valence-corrected chi connectivity index (χ3v) is 8.45. The highest BCUT2D eigenvalue weighted by molar-refractivity contribution is 9.10. The summed E-state index contributed by atoms with van der Waals surface area (Å²) in [5.41, 5.74) is 1.54. The smallest absolute Gasteiger partial charge is 0.233 e. The zero-order valence-corrected chi connectivity index (χ0v) is 21.1. The SMILES string of the molecule is CCN(C)/C=N\c1cc(Br)c(Oc2cccc(S(=O)(CC)=NCC3CCC3)c2)nc1C. The fraction of sp³-hybridized carbons (Fsp3) is 0.478. The molecule has 1 atom stereocenters. The fourth-order valence-electron chi connectivity index (χ4n) is 3.08. The second kappa shape index (κ2) is 10.6. The third-order valence-electron chi connectivity index (χ3n) is 5.55. The summed E-state index contributed by atoms with van der Waals surface area (Å²) in [6, 6.07) is 9.29. The second-order valence-electron chi connectivity index (χ2n) is 7.81. The number of nitrogens with zero attached hydrogens (tertiary/aromatic N) is 4. The average Bonchev–Trinajstić information content (AvgIpc) is 2.73. The standard InChI is InChI=1S/C23H31BrN4O2S/c1-5-28(4)16-25-22-14-21(24)23(27-17(22)3)30-19-11-8-12-20(13-19)31(29,6-2)26-15-18-9-7-10-18/h8,11-14,16,18H,5-7,9-10,15H2,1-4H3/b25-16-. The monoisotopic (exact) mass is 506 g/mol. The fourth-order valence-corrected chi connectivity index (χ4v) is 5.17. The summed E-state index contributed by atoms with van der Waals surface area (Å²) in [7, 11) is -0.475. The van der Waals surface area contributed by atoms with E-state index in [1.165, 1.54) is 19.3 Å². The van der Waals surface area contributed by atoms with E-state index < -0.39 is 9.73 Å². The molecule has 8 heteroatoms. The minimum atomic E-state index is -2.45. The number of rotatable bonds is 9. The highest BCUT2D eigenvalue weighted by Gasteiger charge is 2.19. The molecule has 1 aliphatic rings. The van der Waals surface area contributed by atoms with Crippen LogP contribution in [-0.2, 0) is 9.73 Å². The minimum absolute atomic E-state index is 0.451. The van der Waals surface area contributed by atoms with Gasteiger partial charge in [0, 0.05) is 19.3 Å². The number of aromatic nitrogens is 1. The molecule has 1 aromatic heterocycles. The Morgan fingerprint density at radius 1 is 1.32 bits per heavy atom. The lowest BCUT2D eigenvalue weighted by atomic mass is 9.86. The molecular formula is C23H31BrN4O2S. The van der Waals surface area contributed by atoms with Crippen molar-refractivity contribution in [2.45, 2.75) is 44.9 Å². The summed E-state index contributed by atoms with van der Waals surface area (Å²) in [6.45, 7) is 7.45. The van der Waals surface area contributed by atoms with Crippen LogP contribution in [0.3, 0.4) is 0 Å². The Balaban J connectivity index is 1.82. The minimum Gasteiger partial charge on any atom is -0.438 e. The van der Waals surface area contributed by atoms with Crippen LogP contribution in [0.15, 0.2) is 49.1 Å². The molecule has 0 aliphatic heterocycles. The molecule has 168 valence electrons. The van der Waals surface area contributed by atoms with E-state index in [1.54, 1.807) is 6.34 Å². The number of aryl methyl sites for hydroxylation is 1. The molecule has 1 unspecified atom stereocenters. The van der Waals surface area contributed by atoms with E-state index in [0.29, 0.717) is 39.2 Å².